The lowest BCUT2D eigenvalue weighted by molar-refractivity contribution is 0.372. The summed E-state index contributed by atoms with van der Waals surface area (Å²) in [5.41, 5.74) is 8.25. The quantitative estimate of drug-likeness (QED) is 0.230. The molecule has 7 heteroatoms. The molecule has 0 saturated heterocycles. The molecule has 0 spiro atoms. The van der Waals surface area contributed by atoms with Gasteiger partial charge in [-0.3, -0.25) is 0 Å². The Bertz CT molecular complexity index is 1790. The van der Waals surface area contributed by atoms with Crippen LogP contribution in [-0.4, -0.2) is 28.3 Å². The molecule has 1 atom stereocenters. The molecule has 0 aliphatic carbocycles. The van der Waals surface area contributed by atoms with Crippen molar-refractivity contribution in [1.29, 1.82) is 0 Å². The lowest BCUT2D eigenvalue weighted by Gasteiger charge is -2.23. The van der Waals surface area contributed by atoms with Crippen molar-refractivity contribution in [3.05, 3.63) is 137 Å². The summed E-state index contributed by atoms with van der Waals surface area (Å²) in [6.07, 6.45) is 2.37. The van der Waals surface area contributed by atoms with E-state index in [9.17, 15) is 8.42 Å². The highest BCUT2D eigenvalue weighted by Crippen LogP contribution is 2.41. The van der Waals surface area contributed by atoms with Crippen LogP contribution >= 0.6 is 0 Å². The smallest absolute Gasteiger partial charge is 0.240 e. The molecule has 4 aromatic carbocycles. The zero-order valence-corrected chi connectivity index (χ0v) is 23.5. The Morgan fingerprint density at radius 3 is 1.85 bits per heavy atom. The molecule has 5 aromatic rings. The first-order chi connectivity index (χ1) is 19.3. The lowest BCUT2D eigenvalue weighted by atomic mass is 9.96. The minimum Gasteiger partial charge on any atom is -0.240 e. The molecule has 0 saturated carbocycles. The lowest BCUT2D eigenvalue weighted by Crippen LogP contribution is -2.27. The van der Waals surface area contributed by atoms with Crippen molar-refractivity contribution in [2.45, 2.75) is 38.1 Å². The van der Waals surface area contributed by atoms with Crippen molar-refractivity contribution < 1.29 is 8.42 Å². The first-order valence-electron chi connectivity index (χ1n) is 13.3. The van der Waals surface area contributed by atoms with Crippen molar-refractivity contribution in [2.24, 2.45) is 5.10 Å². The van der Waals surface area contributed by atoms with Gasteiger partial charge >= 0.3 is 0 Å². The zero-order chi connectivity index (χ0) is 27.9. The summed E-state index contributed by atoms with van der Waals surface area (Å²) in [5, 5.41) is 9.75. The summed E-state index contributed by atoms with van der Waals surface area (Å²) in [5.74, 6) is 0. The van der Waals surface area contributed by atoms with Gasteiger partial charge in [0, 0.05) is 23.7 Å². The second-order valence-corrected chi connectivity index (χ2v) is 12.1. The Labute approximate surface area is 235 Å². The molecule has 0 N–H and O–H groups in total. The third kappa shape index (κ3) is 4.84. The molecular weight excluding hydrogens is 516 g/mol. The van der Waals surface area contributed by atoms with Gasteiger partial charge in [0.15, 0.2) is 0 Å². The van der Waals surface area contributed by atoms with E-state index in [2.05, 4.69) is 0 Å². The van der Waals surface area contributed by atoms with Gasteiger partial charge < -0.3 is 0 Å². The predicted octanol–water partition coefficient (Wildman–Crippen LogP) is 7.00. The van der Waals surface area contributed by atoms with Gasteiger partial charge in [-0.25, -0.2) is 4.68 Å². The fourth-order valence-electron chi connectivity index (χ4n) is 4.96. The Balaban J connectivity index is 1.52. The summed E-state index contributed by atoms with van der Waals surface area (Å²) in [4.78, 5) is 0.212. The van der Waals surface area contributed by atoms with Gasteiger partial charge in [0.25, 0.3) is 10.0 Å². The van der Waals surface area contributed by atoms with Gasteiger partial charge in [-0.05, 0) is 50.6 Å². The highest BCUT2D eigenvalue weighted by atomic mass is 32.2. The second kappa shape index (κ2) is 10.2. The van der Waals surface area contributed by atoms with Crippen LogP contribution in [0.5, 0.6) is 0 Å². The van der Waals surface area contributed by atoms with Crippen LogP contribution in [0.1, 0.15) is 40.3 Å². The largest absolute Gasteiger partial charge is 0.279 e. The number of hydrogen-bond acceptors (Lipinski definition) is 4. The monoisotopic (exact) mass is 546 g/mol. The van der Waals surface area contributed by atoms with Crippen LogP contribution < -0.4 is 0 Å². The average molecular weight is 547 g/mol. The molecule has 200 valence electrons. The zero-order valence-electron chi connectivity index (χ0n) is 22.7. The summed E-state index contributed by atoms with van der Waals surface area (Å²) < 4.78 is 31.4. The minimum absolute atomic E-state index is 0.212. The normalized spacial score (nSPS) is 15.3. The van der Waals surface area contributed by atoms with Crippen molar-refractivity contribution in [1.82, 2.24) is 14.2 Å². The fourth-order valence-corrected chi connectivity index (χ4v) is 6.39. The number of para-hydroxylation sites is 1. The standard InChI is InChI=1S/C33H30N4O2S/c1-23-9-15-26(16-10-23)31-21-32(37(34-31)40(38,39)29-19-13-25(3)14-20-29)30-22-36(28-7-5-4-6-8-28)35-33(30)27-17-11-24(2)12-18-27/h4-20,22,32H,21H2,1-3H3. The van der Waals surface area contributed by atoms with Crippen LogP contribution in [0.3, 0.4) is 0 Å². The number of benzene rings is 4. The van der Waals surface area contributed by atoms with Crippen molar-refractivity contribution in [2.75, 3.05) is 0 Å². The molecule has 1 unspecified atom stereocenters. The molecular formula is C33H30N4O2S. The number of hydrogen-bond donors (Lipinski definition) is 0. The van der Waals surface area contributed by atoms with Crippen LogP contribution in [0.2, 0.25) is 0 Å². The van der Waals surface area contributed by atoms with E-state index in [0.29, 0.717) is 6.42 Å². The topological polar surface area (TPSA) is 67.6 Å². The molecule has 40 heavy (non-hydrogen) atoms. The van der Waals surface area contributed by atoms with Crippen LogP contribution in [0.15, 0.2) is 119 Å². The summed E-state index contributed by atoms with van der Waals surface area (Å²) in [6, 6.07) is 32.4. The number of rotatable bonds is 6. The van der Waals surface area contributed by atoms with Crippen molar-refractivity contribution >= 4 is 15.7 Å². The Morgan fingerprint density at radius 1 is 0.700 bits per heavy atom. The van der Waals surface area contributed by atoms with E-state index in [1.54, 1.807) is 12.1 Å². The molecule has 2 heterocycles. The SMILES string of the molecule is Cc1ccc(C2=NN(S(=O)(=O)c3ccc(C)cc3)C(c3cn(-c4ccccc4)nc3-c3ccc(C)cc3)C2)cc1. The number of nitrogens with zero attached hydrogens (tertiary/aromatic N) is 4. The van der Waals surface area contributed by atoms with Gasteiger partial charge in [-0.15, -0.1) is 0 Å². The number of aryl methyl sites for hydroxylation is 3. The van der Waals surface area contributed by atoms with E-state index in [4.69, 9.17) is 10.2 Å². The maximum Gasteiger partial charge on any atom is 0.279 e. The predicted molar refractivity (Wildman–Crippen MR) is 159 cm³/mol. The van der Waals surface area contributed by atoms with E-state index in [0.717, 1.165) is 50.5 Å². The fraction of sp³-hybridized carbons (Fsp3) is 0.152. The molecule has 0 radical (unpaired) electrons. The molecule has 6 rings (SSSR count). The third-order valence-corrected chi connectivity index (χ3v) is 8.97. The number of sulfonamides is 1. The summed E-state index contributed by atoms with van der Waals surface area (Å²) >= 11 is 0. The van der Waals surface area contributed by atoms with E-state index in [-0.39, 0.29) is 4.90 Å². The molecule has 1 aliphatic heterocycles. The van der Waals surface area contributed by atoms with Crippen molar-refractivity contribution in [3.8, 4) is 16.9 Å². The maximum atomic E-state index is 14.1. The molecule has 0 amide bonds. The van der Waals surface area contributed by atoms with Crippen LogP contribution in [0, 0.1) is 20.8 Å². The highest BCUT2D eigenvalue weighted by molar-refractivity contribution is 7.89. The van der Waals surface area contributed by atoms with Gasteiger partial charge in [0.1, 0.15) is 0 Å². The van der Waals surface area contributed by atoms with Gasteiger partial charge in [0.05, 0.1) is 28.0 Å². The Hall–Kier alpha value is -4.49. The second-order valence-electron chi connectivity index (χ2n) is 10.3. The molecule has 0 bridgehead atoms. The van der Waals surface area contributed by atoms with Crippen LogP contribution in [0.4, 0.5) is 0 Å². The van der Waals surface area contributed by atoms with E-state index >= 15 is 0 Å². The van der Waals surface area contributed by atoms with Crippen LogP contribution in [-0.2, 0) is 10.0 Å². The molecule has 6 nitrogen and oxygen atoms in total. The first kappa shape index (κ1) is 25.8. The number of hydrazone groups is 1. The average Bonchev–Trinajstić information content (AvgIpc) is 3.61. The van der Waals surface area contributed by atoms with Gasteiger partial charge in [0.2, 0.25) is 0 Å². The third-order valence-electron chi connectivity index (χ3n) is 7.27. The molecule has 1 aliphatic rings. The van der Waals surface area contributed by atoms with Gasteiger partial charge in [-0.1, -0.05) is 95.6 Å². The Kier molecular flexibility index (Phi) is 6.60. The highest BCUT2D eigenvalue weighted by Gasteiger charge is 2.40. The van der Waals surface area contributed by atoms with Gasteiger partial charge in [-0.2, -0.15) is 23.0 Å². The molecule has 1 aromatic heterocycles. The summed E-state index contributed by atoms with van der Waals surface area (Å²) in [7, 11) is -3.95. The number of aromatic nitrogens is 2. The van der Waals surface area contributed by atoms with E-state index in [1.807, 2.05) is 123 Å². The summed E-state index contributed by atoms with van der Waals surface area (Å²) in [6.45, 7) is 6.01. The Morgan fingerprint density at radius 2 is 1.25 bits per heavy atom. The van der Waals surface area contributed by atoms with E-state index < -0.39 is 16.1 Å². The van der Waals surface area contributed by atoms with Crippen molar-refractivity contribution in [3.63, 3.8) is 0 Å². The maximum absolute atomic E-state index is 14.1. The van der Waals surface area contributed by atoms with Crippen LogP contribution in [0.25, 0.3) is 16.9 Å². The minimum atomic E-state index is -3.95. The molecule has 0 fully saturated rings. The van der Waals surface area contributed by atoms with E-state index in [1.165, 1.54) is 4.41 Å². The first-order valence-corrected chi connectivity index (χ1v) is 14.7.